The van der Waals surface area contributed by atoms with Gasteiger partial charge in [0.1, 0.15) is 12.1 Å². The van der Waals surface area contributed by atoms with Crippen LogP contribution in [-0.2, 0) is 0 Å². The molecule has 1 nitrogen and oxygen atoms in total. The normalized spacial score (nSPS) is 23.7. The summed E-state index contributed by atoms with van der Waals surface area (Å²) in [6.07, 6.45) is 1.19. The van der Waals surface area contributed by atoms with Gasteiger partial charge in [-0.05, 0) is 5.56 Å². The van der Waals surface area contributed by atoms with Crippen molar-refractivity contribution in [3.8, 4) is 0 Å². The van der Waals surface area contributed by atoms with Gasteiger partial charge in [0.2, 0.25) is 0 Å². The first-order valence-corrected chi connectivity index (χ1v) is 8.41. The van der Waals surface area contributed by atoms with Gasteiger partial charge < -0.3 is 5.32 Å². The molecule has 23 heavy (non-hydrogen) atoms. The van der Waals surface area contributed by atoms with Gasteiger partial charge in [-0.3, -0.25) is 0 Å². The SMILES string of the molecule is c1ccc([C@@H]2C[C@@H](c3ccccc3)[C@@H](c3ccccc3)[NH2+]2)cc1. The Morgan fingerprint density at radius 3 is 1.61 bits per heavy atom. The molecule has 3 atom stereocenters. The third-order valence-corrected chi connectivity index (χ3v) is 5.02. The van der Waals surface area contributed by atoms with E-state index in [0.717, 1.165) is 0 Å². The summed E-state index contributed by atoms with van der Waals surface area (Å²) in [5, 5.41) is 2.56. The first-order chi connectivity index (χ1) is 11.4. The zero-order valence-electron chi connectivity index (χ0n) is 13.2. The Labute approximate surface area is 138 Å². The van der Waals surface area contributed by atoms with Crippen molar-refractivity contribution in [1.82, 2.24) is 0 Å². The third kappa shape index (κ3) is 2.93. The molecule has 3 aromatic carbocycles. The number of hydrogen-bond donors (Lipinski definition) is 1. The van der Waals surface area contributed by atoms with E-state index >= 15 is 0 Å². The molecule has 0 bridgehead atoms. The molecule has 1 aliphatic heterocycles. The molecule has 1 heteroatoms. The Hall–Kier alpha value is -2.38. The van der Waals surface area contributed by atoms with Crippen molar-refractivity contribution in [3.05, 3.63) is 108 Å². The molecule has 3 aromatic rings. The van der Waals surface area contributed by atoms with E-state index in [1.807, 2.05) is 0 Å². The molecule has 4 rings (SSSR count). The number of rotatable bonds is 3. The summed E-state index contributed by atoms with van der Waals surface area (Å²) < 4.78 is 0. The minimum Gasteiger partial charge on any atom is -0.333 e. The molecule has 114 valence electrons. The molecular formula is C22H22N+. The van der Waals surface area contributed by atoms with Gasteiger partial charge in [0.25, 0.3) is 0 Å². The van der Waals surface area contributed by atoms with Crippen LogP contribution in [0.5, 0.6) is 0 Å². The fraction of sp³-hybridized carbons (Fsp3) is 0.182. The minimum atomic E-state index is 0.490. The van der Waals surface area contributed by atoms with Gasteiger partial charge in [-0.15, -0.1) is 0 Å². The van der Waals surface area contributed by atoms with E-state index in [0.29, 0.717) is 18.0 Å². The van der Waals surface area contributed by atoms with Crippen molar-refractivity contribution in [3.63, 3.8) is 0 Å². The average Bonchev–Trinajstić information content (AvgIpc) is 3.09. The maximum Gasteiger partial charge on any atom is 0.119 e. The average molecular weight is 300 g/mol. The van der Waals surface area contributed by atoms with E-state index in [2.05, 4.69) is 96.3 Å². The lowest BCUT2D eigenvalue weighted by molar-refractivity contribution is -0.715. The summed E-state index contributed by atoms with van der Waals surface area (Å²) in [5.41, 5.74) is 4.32. The van der Waals surface area contributed by atoms with Gasteiger partial charge in [0, 0.05) is 23.5 Å². The summed E-state index contributed by atoms with van der Waals surface area (Å²) in [5.74, 6) is 0.559. The van der Waals surface area contributed by atoms with E-state index in [4.69, 9.17) is 0 Å². The fourth-order valence-corrected chi connectivity index (χ4v) is 3.89. The Balaban J connectivity index is 1.70. The smallest absolute Gasteiger partial charge is 0.119 e. The number of benzene rings is 3. The zero-order valence-corrected chi connectivity index (χ0v) is 13.2. The van der Waals surface area contributed by atoms with Crippen LogP contribution in [0.2, 0.25) is 0 Å². The van der Waals surface area contributed by atoms with Crippen LogP contribution in [0.4, 0.5) is 0 Å². The van der Waals surface area contributed by atoms with Gasteiger partial charge in [0.05, 0.1) is 0 Å². The summed E-state index contributed by atoms with van der Waals surface area (Å²) >= 11 is 0. The van der Waals surface area contributed by atoms with Crippen molar-refractivity contribution in [2.24, 2.45) is 0 Å². The number of quaternary nitrogens is 1. The summed E-state index contributed by atoms with van der Waals surface area (Å²) in [7, 11) is 0. The summed E-state index contributed by atoms with van der Waals surface area (Å²) in [6.45, 7) is 0. The van der Waals surface area contributed by atoms with Crippen LogP contribution < -0.4 is 5.32 Å². The molecule has 1 aliphatic rings. The first kappa shape index (κ1) is 14.2. The molecule has 0 radical (unpaired) electrons. The van der Waals surface area contributed by atoms with Crippen molar-refractivity contribution in [2.75, 3.05) is 0 Å². The molecule has 0 aromatic heterocycles. The van der Waals surface area contributed by atoms with Gasteiger partial charge >= 0.3 is 0 Å². The third-order valence-electron chi connectivity index (χ3n) is 5.02. The van der Waals surface area contributed by atoms with Gasteiger partial charge in [-0.25, -0.2) is 0 Å². The molecule has 0 aliphatic carbocycles. The molecular weight excluding hydrogens is 278 g/mol. The Morgan fingerprint density at radius 2 is 1.04 bits per heavy atom. The van der Waals surface area contributed by atoms with Crippen molar-refractivity contribution < 1.29 is 5.32 Å². The van der Waals surface area contributed by atoms with Gasteiger partial charge in [-0.2, -0.15) is 0 Å². The molecule has 2 N–H and O–H groups in total. The fourth-order valence-electron chi connectivity index (χ4n) is 3.89. The maximum absolute atomic E-state index is 2.56. The molecule has 1 fully saturated rings. The monoisotopic (exact) mass is 300 g/mol. The lowest BCUT2D eigenvalue weighted by atomic mass is 9.86. The van der Waals surface area contributed by atoms with Crippen molar-refractivity contribution >= 4 is 0 Å². The largest absolute Gasteiger partial charge is 0.333 e. The minimum absolute atomic E-state index is 0.490. The van der Waals surface area contributed by atoms with E-state index in [-0.39, 0.29) is 0 Å². The van der Waals surface area contributed by atoms with Crippen LogP contribution in [0, 0.1) is 0 Å². The topological polar surface area (TPSA) is 16.6 Å². The van der Waals surface area contributed by atoms with Crippen LogP contribution in [0.25, 0.3) is 0 Å². The molecule has 0 saturated carbocycles. The number of nitrogens with two attached hydrogens (primary N) is 1. The molecule has 1 heterocycles. The van der Waals surface area contributed by atoms with E-state index < -0.39 is 0 Å². The van der Waals surface area contributed by atoms with Gasteiger partial charge in [0.15, 0.2) is 0 Å². The number of hydrogen-bond acceptors (Lipinski definition) is 0. The highest BCUT2D eigenvalue weighted by molar-refractivity contribution is 5.29. The Kier molecular flexibility index (Phi) is 3.95. The second kappa shape index (κ2) is 6.39. The van der Waals surface area contributed by atoms with Crippen molar-refractivity contribution in [2.45, 2.75) is 24.4 Å². The maximum atomic E-state index is 2.56. The first-order valence-electron chi connectivity index (χ1n) is 8.41. The quantitative estimate of drug-likeness (QED) is 0.746. The predicted molar refractivity (Wildman–Crippen MR) is 94.1 cm³/mol. The van der Waals surface area contributed by atoms with Gasteiger partial charge in [-0.1, -0.05) is 91.0 Å². The van der Waals surface area contributed by atoms with Crippen LogP contribution in [0.15, 0.2) is 91.0 Å². The molecule has 0 spiro atoms. The molecule has 0 unspecified atom stereocenters. The van der Waals surface area contributed by atoms with E-state index in [1.54, 1.807) is 0 Å². The van der Waals surface area contributed by atoms with E-state index in [1.165, 1.54) is 23.1 Å². The second-order valence-electron chi connectivity index (χ2n) is 6.40. The van der Waals surface area contributed by atoms with Crippen LogP contribution in [0.1, 0.15) is 41.1 Å². The highest BCUT2D eigenvalue weighted by atomic mass is 15.0. The summed E-state index contributed by atoms with van der Waals surface area (Å²) in [4.78, 5) is 0. The zero-order chi connectivity index (χ0) is 15.5. The van der Waals surface area contributed by atoms with Crippen LogP contribution in [-0.4, -0.2) is 0 Å². The molecule has 1 saturated heterocycles. The van der Waals surface area contributed by atoms with E-state index in [9.17, 15) is 0 Å². The van der Waals surface area contributed by atoms with Crippen LogP contribution in [0.3, 0.4) is 0 Å². The Bertz CT molecular complexity index is 689. The summed E-state index contributed by atoms with van der Waals surface area (Å²) in [6, 6.07) is 33.9. The molecule has 0 amide bonds. The van der Waals surface area contributed by atoms with Crippen molar-refractivity contribution in [1.29, 1.82) is 0 Å². The standard InChI is InChI=1S/C22H21N/c1-4-10-17(11-5-1)20-16-21(18-12-6-2-7-13-18)23-22(20)19-14-8-3-9-15-19/h1-15,20-23H,16H2/p+1/t20-,21-,22+/m0/s1. The lowest BCUT2D eigenvalue weighted by Crippen LogP contribution is -2.83. The highest BCUT2D eigenvalue weighted by Gasteiger charge is 2.40. The second-order valence-corrected chi connectivity index (χ2v) is 6.40. The predicted octanol–water partition coefficient (Wildman–Crippen LogP) is 4.22. The Morgan fingerprint density at radius 1 is 0.565 bits per heavy atom. The van der Waals surface area contributed by atoms with Crippen LogP contribution >= 0.6 is 0 Å². The lowest BCUT2D eigenvalue weighted by Gasteiger charge is -2.17. The highest BCUT2D eigenvalue weighted by Crippen LogP contribution is 2.39.